The normalized spacial score (nSPS) is 21.2. The van der Waals surface area contributed by atoms with Crippen molar-refractivity contribution in [1.82, 2.24) is 4.90 Å². The molecule has 0 atom stereocenters. The molecule has 7 rings (SSSR count). The van der Waals surface area contributed by atoms with Crippen molar-refractivity contribution in [3.63, 3.8) is 0 Å². The van der Waals surface area contributed by atoms with E-state index >= 15 is 0 Å². The van der Waals surface area contributed by atoms with Crippen LogP contribution in [-0.4, -0.2) is 29.1 Å². The number of Topliss-reactive ketones (excluding diaryl/α,β-unsaturated/α-hetero) is 2. The fraction of sp³-hybridized carbons (Fsp3) is 0.488. The average Bonchev–Trinajstić information content (AvgIpc) is 3.03. The molecule has 1 saturated carbocycles. The van der Waals surface area contributed by atoms with E-state index in [1.807, 2.05) is 31.2 Å². The van der Waals surface area contributed by atoms with E-state index in [2.05, 4.69) is 63.8 Å². The predicted octanol–water partition coefficient (Wildman–Crippen LogP) is 10.8. The highest BCUT2D eigenvalue weighted by molar-refractivity contribution is 6.32. The Morgan fingerprint density at radius 3 is 2.08 bits per heavy atom. The van der Waals surface area contributed by atoms with E-state index in [9.17, 15) is 9.59 Å². The molecule has 0 radical (unpaired) electrons. The zero-order valence-corrected chi connectivity index (χ0v) is 30.8. The third kappa shape index (κ3) is 6.33. The molecule has 6 heteroatoms. The molecule has 3 aliphatic carbocycles. The second-order valence-corrected chi connectivity index (χ2v) is 16.7. The molecule has 0 aromatic heterocycles. The zero-order chi connectivity index (χ0) is 34.7. The number of fused-ring (bicyclic) bond motifs is 1. The minimum absolute atomic E-state index is 0.141. The fourth-order valence-corrected chi connectivity index (χ4v) is 9.32. The van der Waals surface area contributed by atoms with Gasteiger partial charge < -0.3 is 14.4 Å². The van der Waals surface area contributed by atoms with Crippen molar-refractivity contribution in [3.8, 4) is 11.5 Å². The number of allylic oxidation sites excluding steroid dienone is 4. The second kappa shape index (κ2) is 13.0. The summed E-state index contributed by atoms with van der Waals surface area (Å²) < 4.78 is 12.8. The van der Waals surface area contributed by atoms with Crippen LogP contribution in [0.15, 0.2) is 71.1 Å². The van der Waals surface area contributed by atoms with Gasteiger partial charge in [0, 0.05) is 52.9 Å². The summed E-state index contributed by atoms with van der Waals surface area (Å²) in [7, 11) is 0. The summed E-state index contributed by atoms with van der Waals surface area (Å²) in [5.74, 6) is 0.816. The molecule has 5 nitrogen and oxygen atoms in total. The molecule has 1 aliphatic heterocycles. The topological polar surface area (TPSA) is 55.8 Å². The molecule has 0 spiro atoms. The Bertz CT molecular complexity index is 1840. The van der Waals surface area contributed by atoms with Gasteiger partial charge >= 0.3 is 0 Å². The lowest BCUT2D eigenvalue weighted by Crippen LogP contribution is -2.48. The van der Waals surface area contributed by atoms with Crippen LogP contribution in [0.3, 0.4) is 0 Å². The highest BCUT2D eigenvalue weighted by Gasteiger charge is 2.50. The van der Waals surface area contributed by atoms with Gasteiger partial charge in [0.25, 0.3) is 0 Å². The van der Waals surface area contributed by atoms with Crippen LogP contribution in [0.1, 0.15) is 115 Å². The predicted molar refractivity (Wildman–Crippen MR) is 197 cm³/mol. The number of halogens is 1. The standard InChI is InChI=1S/C43H50ClNO4/c1-7-48-37-20-28(19-32(44)41(37)49-25-31-26(2)17-18-27-13-11-12-16-30(27)31)38-39-33(21-42(3,4)23-35(39)46)45(29-14-9-8-10-15-29)34-22-43(5,6)24-36(47)40(34)38/h11-13,16-20,29,38H,7-10,14-15,21-25H2,1-6H3. The first-order chi connectivity index (χ1) is 23.4. The van der Waals surface area contributed by atoms with Crippen LogP contribution in [0.25, 0.3) is 10.8 Å². The minimum atomic E-state index is -0.483. The number of aryl methyl sites for hydroxylation is 1. The van der Waals surface area contributed by atoms with E-state index in [0.29, 0.717) is 48.6 Å². The summed E-state index contributed by atoms with van der Waals surface area (Å²) in [5, 5.41) is 2.73. The Morgan fingerprint density at radius 1 is 0.816 bits per heavy atom. The molecule has 0 N–H and O–H groups in total. The van der Waals surface area contributed by atoms with Gasteiger partial charge in [-0.15, -0.1) is 0 Å². The number of ketones is 2. The molecule has 0 bridgehead atoms. The van der Waals surface area contributed by atoms with Crippen molar-refractivity contribution >= 4 is 33.9 Å². The Kier molecular flexibility index (Phi) is 8.96. The molecule has 49 heavy (non-hydrogen) atoms. The fourth-order valence-electron chi connectivity index (χ4n) is 9.05. The molecule has 0 amide bonds. The van der Waals surface area contributed by atoms with Gasteiger partial charge in [-0.1, -0.05) is 95.0 Å². The lowest BCUT2D eigenvalue weighted by atomic mass is 9.63. The Morgan fingerprint density at radius 2 is 1.45 bits per heavy atom. The number of carbonyl (C=O) groups is 2. The van der Waals surface area contributed by atoms with Crippen molar-refractivity contribution in [2.45, 2.75) is 118 Å². The average molecular weight is 680 g/mol. The van der Waals surface area contributed by atoms with Gasteiger partial charge in [-0.05, 0) is 84.4 Å². The maximum atomic E-state index is 14.4. The van der Waals surface area contributed by atoms with Gasteiger partial charge in [0.05, 0.1) is 11.6 Å². The summed E-state index contributed by atoms with van der Waals surface area (Å²) in [4.78, 5) is 31.3. The molecular formula is C43H50ClNO4. The van der Waals surface area contributed by atoms with Crippen LogP contribution >= 0.6 is 11.6 Å². The molecule has 4 aliphatic rings. The molecule has 1 heterocycles. The summed E-state index contributed by atoms with van der Waals surface area (Å²) in [6, 6.07) is 16.8. The number of rotatable bonds is 7. The lowest BCUT2D eigenvalue weighted by Gasteiger charge is -2.52. The van der Waals surface area contributed by atoms with Gasteiger partial charge in [0.2, 0.25) is 0 Å². The second-order valence-electron chi connectivity index (χ2n) is 16.3. The van der Waals surface area contributed by atoms with Crippen molar-refractivity contribution in [1.29, 1.82) is 0 Å². The third-order valence-corrected chi connectivity index (χ3v) is 11.5. The third-order valence-electron chi connectivity index (χ3n) is 11.2. The number of benzene rings is 3. The first-order valence-corrected chi connectivity index (χ1v) is 18.6. The highest BCUT2D eigenvalue weighted by Crippen LogP contribution is 2.56. The molecule has 1 fully saturated rings. The van der Waals surface area contributed by atoms with Gasteiger partial charge in [0.1, 0.15) is 6.61 Å². The molecule has 3 aromatic rings. The first-order valence-electron chi connectivity index (χ1n) is 18.3. The number of ether oxygens (including phenoxy) is 2. The van der Waals surface area contributed by atoms with Crippen molar-refractivity contribution < 1.29 is 19.1 Å². The van der Waals surface area contributed by atoms with E-state index in [1.165, 1.54) is 19.3 Å². The van der Waals surface area contributed by atoms with Crippen LogP contribution in [-0.2, 0) is 16.2 Å². The molecule has 3 aromatic carbocycles. The number of hydrogen-bond acceptors (Lipinski definition) is 5. The van der Waals surface area contributed by atoms with Crippen LogP contribution in [0.2, 0.25) is 5.02 Å². The van der Waals surface area contributed by atoms with E-state index in [-0.39, 0.29) is 22.4 Å². The van der Waals surface area contributed by atoms with E-state index < -0.39 is 5.92 Å². The van der Waals surface area contributed by atoms with Gasteiger partial charge in [-0.2, -0.15) is 0 Å². The summed E-state index contributed by atoms with van der Waals surface area (Å²) >= 11 is 7.16. The Labute approximate surface area is 296 Å². The maximum Gasteiger partial charge on any atom is 0.180 e. The van der Waals surface area contributed by atoms with Crippen LogP contribution < -0.4 is 9.47 Å². The first kappa shape index (κ1) is 33.9. The van der Waals surface area contributed by atoms with Crippen LogP contribution in [0, 0.1) is 17.8 Å². The number of carbonyl (C=O) groups excluding carboxylic acids is 2. The lowest BCUT2D eigenvalue weighted by molar-refractivity contribution is -0.119. The molecule has 0 unspecified atom stereocenters. The van der Waals surface area contributed by atoms with Gasteiger partial charge in [-0.25, -0.2) is 0 Å². The van der Waals surface area contributed by atoms with Gasteiger partial charge in [-0.3, -0.25) is 9.59 Å². The molecule has 0 saturated heterocycles. The van der Waals surface area contributed by atoms with Crippen molar-refractivity contribution in [2.75, 3.05) is 6.61 Å². The number of nitrogens with zero attached hydrogens (tertiary/aromatic N) is 1. The van der Waals surface area contributed by atoms with Crippen molar-refractivity contribution in [2.24, 2.45) is 10.8 Å². The quantitative estimate of drug-likeness (QED) is 0.249. The molecule has 258 valence electrons. The monoisotopic (exact) mass is 679 g/mol. The van der Waals surface area contributed by atoms with E-state index in [1.54, 1.807) is 0 Å². The van der Waals surface area contributed by atoms with Crippen LogP contribution in [0.4, 0.5) is 0 Å². The summed E-state index contributed by atoms with van der Waals surface area (Å²) in [6.45, 7) is 13.6. The van der Waals surface area contributed by atoms with Gasteiger partial charge in [0.15, 0.2) is 23.1 Å². The van der Waals surface area contributed by atoms with Crippen molar-refractivity contribution in [3.05, 3.63) is 92.8 Å². The smallest absolute Gasteiger partial charge is 0.180 e. The number of hydrogen-bond donors (Lipinski definition) is 0. The summed E-state index contributed by atoms with van der Waals surface area (Å²) in [5.41, 5.74) is 6.58. The molecular weight excluding hydrogens is 630 g/mol. The maximum absolute atomic E-state index is 14.4. The zero-order valence-electron chi connectivity index (χ0n) is 30.0. The Balaban J connectivity index is 1.37. The van der Waals surface area contributed by atoms with E-state index in [4.69, 9.17) is 21.1 Å². The Hall–Kier alpha value is -3.57. The largest absolute Gasteiger partial charge is 0.490 e. The minimum Gasteiger partial charge on any atom is -0.490 e. The highest BCUT2D eigenvalue weighted by atomic mass is 35.5. The SMILES string of the molecule is CCOc1cc(C2C3=C(CC(C)(C)CC3=O)N(C3CCCCC3)C3=C2C(=O)CC(C)(C)C3)cc(Cl)c1OCc1c(C)ccc2ccccc12. The van der Waals surface area contributed by atoms with E-state index in [0.717, 1.165) is 75.7 Å². The summed E-state index contributed by atoms with van der Waals surface area (Å²) in [6.07, 6.45) is 8.31. The van der Waals surface area contributed by atoms with Crippen LogP contribution in [0.5, 0.6) is 11.5 Å².